The third-order valence-corrected chi connectivity index (χ3v) is 3.72. The zero-order valence-electron chi connectivity index (χ0n) is 13.6. The van der Waals surface area contributed by atoms with Gasteiger partial charge in [-0.3, -0.25) is 9.78 Å². The minimum Gasteiger partial charge on any atom is -0.340 e. The molecule has 0 spiro atoms. The van der Waals surface area contributed by atoms with E-state index in [0.717, 1.165) is 11.5 Å². The van der Waals surface area contributed by atoms with Crippen LogP contribution in [0.5, 0.6) is 0 Å². The van der Waals surface area contributed by atoms with Crippen LogP contribution >= 0.6 is 0 Å². The normalized spacial score (nSPS) is 10.2. The minimum absolute atomic E-state index is 0.209. The lowest BCUT2D eigenvalue weighted by atomic mass is 10.1. The summed E-state index contributed by atoms with van der Waals surface area (Å²) in [6.07, 6.45) is 4.78. The van der Waals surface area contributed by atoms with Crippen LogP contribution in [0.3, 0.4) is 0 Å². The lowest BCUT2D eigenvalue weighted by molar-refractivity contribution is 0.102. The fraction of sp³-hybridized carbons (Fsp3) is 0.105. The number of hydrogen-bond acceptors (Lipinski definition) is 4. The van der Waals surface area contributed by atoms with Crippen LogP contribution < -0.4 is 10.6 Å². The molecule has 0 aliphatic rings. The molecule has 0 aliphatic carbocycles. The molecule has 0 radical (unpaired) electrons. The Morgan fingerprint density at radius 3 is 2.46 bits per heavy atom. The molecule has 0 unspecified atom stereocenters. The molecule has 0 atom stereocenters. The third kappa shape index (κ3) is 3.76. The van der Waals surface area contributed by atoms with Crippen molar-refractivity contribution in [1.29, 1.82) is 0 Å². The van der Waals surface area contributed by atoms with Crippen molar-refractivity contribution in [2.24, 2.45) is 0 Å². The van der Waals surface area contributed by atoms with Crippen LogP contribution in [0.4, 0.5) is 17.2 Å². The molecule has 1 amide bonds. The molecule has 0 saturated carbocycles. The van der Waals surface area contributed by atoms with Crippen molar-refractivity contribution in [3.05, 3.63) is 77.7 Å². The van der Waals surface area contributed by atoms with Crippen molar-refractivity contribution in [3.63, 3.8) is 0 Å². The van der Waals surface area contributed by atoms with Crippen molar-refractivity contribution in [2.45, 2.75) is 13.8 Å². The van der Waals surface area contributed by atoms with Gasteiger partial charge in [-0.05, 0) is 61.4 Å². The maximum absolute atomic E-state index is 12.1. The third-order valence-electron chi connectivity index (χ3n) is 3.72. The van der Waals surface area contributed by atoms with Gasteiger partial charge in [0.15, 0.2) is 0 Å². The minimum atomic E-state index is -0.209. The van der Waals surface area contributed by atoms with E-state index in [4.69, 9.17) is 0 Å². The predicted octanol–water partition coefficient (Wildman–Crippen LogP) is 4.09. The second kappa shape index (κ2) is 6.91. The monoisotopic (exact) mass is 318 g/mol. The first-order valence-corrected chi connectivity index (χ1v) is 7.63. The summed E-state index contributed by atoms with van der Waals surface area (Å²) in [5, 5.41) is 6.05. The number of nitrogens with zero attached hydrogens (tertiary/aromatic N) is 2. The second-order valence-corrected chi connectivity index (χ2v) is 5.55. The van der Waals surface area contributed by atoms with Crippen molar-refractivity contribution in [3.8, 4) is 0 Å². The van der Waals surface area contributed by atoms with Gasteiger partial charge in [-0.15, -0.1) is 0 Å². The Bertz CT molecular complexity index is 845. The zero-order chi connectivity index (χ0) is 16.9. The summed E-state index contributed by atoms with van der Waals surface area (Å²) in [6, 6.07) is 13.2. The Kier molecular flexibility index (Phi) is 4.52. The number of nitrogens with one attached hydrogen (secondary N) is 2. The SMILES string of the molecule is Cc1ccc(Nc2ccc(NC(=O)c3cccnc3)cn2)cc1C. The van der Waals surface area contributed by atoms with E-state index in [-0.39, 0.29) is 5.91 Å². The van der Waals surface area contributed by atoms with Gasteiger partial charge in [-0.2, -0.15) is 0 Å². The smallest absolute Gasteiger partial charge is 0.257 e. The Morgan fingerprint density at radius 2 is 1.79 bits per heavy atom. The van der Waals surface area contributed by atoms with E-state index in [2.05, 4.69) is 46.6 Å². The highest BCUT2D eigenvalue weighted by atomic mass is 16.1. The maximum atomic E-state index is 12.1. The van der Waals surface area contributed by atoms with Gasteiger partial charge in [0.2, 0.25) is 0 Å². The molecule has 5 heteroatoms. The number of pyridine rings is 2. The van der Waals surface area contributed by atoms with Gasteiger partial charge in [-0.25, -0.2) is 4.98 Å². The number of hydrogen-bond donors (Lipinski definition) is 2. The number of benzene rings is 1. The van der Waals surface area contributed by atoms with Crippen LogP contribution in [0.15, 0.2) is 61.1 Å². The molecular formula is C19H18N4O. The lowest BCUT2D eigenvalue weighted by Gasteiger charge is -2.09. The van der Waals surface area contributed by atoms with Crippen LogP contribution in [0.2, 0.25) is 0 Å². The molecule has 24 heavy (non-hydrogen) atoms. The Morgan fingerprint density at radius 1 is 0.958 bits per heavy atom. The predicted molar refractivity (Wildman–Crippen MR) is 95.6 cm³/mol. The average Bonchev–Trinajstić information content (AvgIpc) is 2.61. The van der Waals surface area contributed by atoms with Crippen LogP contribution in [0, 0.1) is 13.8 Å². The number of aryl methyl sites for hydroxylation is 2. The molecule has 1 aromatic carbocycles. The van der Waals surface area contributed by atoms with Crippen molar-refractivity contribution in [1.82, 2.24) is 9.97 Å². The van der Waals surface area contributed by atoms with Crippen molar-refractivity contribution >= 4 is 23.1 Å². The zero-order valence-corrected chi connectivity index (χ0v) is 13.6. The fourth-order valence-corrected chi connectivity index (χ4v) is 2.21. The highest BCUT2D eigenvalue weighted by Crippen LogP contribution is 2.19. The summed E-state index contributed by atoms with van der Waals surface area (Å²) in [6.45, 7) is 4.15. The Hall–Kier alpha value is -3.21. The van der Waals surface area contributed by atoms with E-state index in [1.807, 2.05) is 18.2 Å². The Balaban J connectivity index is 1.67. The van der Waals surface area contributed by atoms with E-state index in [1.54, 1.807) is 24.5 Å². The van der Waals surface area contributed by atoms with Gasteiger partial charge in [0, 0.05) is 18.1 Å². The summed E-state index contributed by atoms with van der Waals surface area (Å²) in [7, 11) is 0. The van der Waals surface area contributed by atoms with E-state index < -0.39 is 0 Å². The molecule has 2 N–H and O–H groups in total. The first-order valence-electron chi connectivity index (χ1n) is 7.63. The van der Waals surface area contributed by atoms with E-state index in [1.165, 1.54) is 17.3 Å². The van der Waals surface area contributed by atoms with Crippen molar-refractivity contribution < 1.29 is 4.79 Å². The molecule has 0 fully saturated rings. The van der Waals surface area contributed by atoms with Crippen LogP contribution in [0.25, 0.3) is 0 Å². The number of carbonyl (C=O) groups excluding carboxylic acids is 1. The van der Waals surface area contributed by atoms with E-state index in [9.17, 15) is 4.79 Å². The fourth-order valence-electron chi connectivity index (χ4n) is 2.21. The number of aromatic nitrogens is 2. The molecule has 2 heterocycles. The summed E-state index contributed by atoms with van der Waals surface area (Å²) < 4.78 is 0. The molecule has 3 rings (SSSR count). The molecule has 0 saturated heterocycles. The average molecular weight is 318 g/mol. The van der Waals surface area contributed by atoms with Gasteiger partial charge in [0.1, 0.15) is 5.82 Å². The lowest BCUT2D eigenvalue weighted by Crippen LogP contribution is -2.12. The first kappa shape index (κ1) is 15.7. The first-order chi connectivity index (χ1) is 11.6. The molecule has 0 bridgehead atoms. The second-order valence-electron chi connectivity index (χ2n) is 5.55. The highest BCUT2D eigenvalue weighted by molar-refractivity contribution is 6.03. The summed E-state index contributed by atoms with van der Waals surface area (Å²) in [5.74, 6) is 0.511. The highest BCUT2D eigenvalue weighted by Gasteiger charge is 2.06. The van der Waals surface area contributed by atoms with E-state index in [0.29, 0.717) is 11.3 Å². The molecule has 5 nitrogen and oxygen atoms in total. The van der Waals surface area contributed by atoms with Gasteiger partial charge in [-0.1, -0.05) is 6.07 Å². The summed E-state index contributed by atoms with van der Waals surface area (Å²) in [5.41, 5.74) is 4.60. The number of anilines is 3. The van der Waals surface area contributed by atoms with Gasteiger partial charge in [0.25, 0.3) is 5.91 Å². The van der Waals surface area contributed by atoms with Crippen LogP contribution in [0.1, 0.15) is 21.5 Å². The number of amides is 1. The standard InChI is InChI=1S/C19H18N4O/c1-13-5-6-16(10-14(13)2)22-18-8-7-17(12-21-18)23-19(24)15-4-3-9-20-11-15/h3-12H,1-2H3,(H,21,22)(H,23,24). The quantitative estimate of drug-likeness (QED) is 0.760. The molecule has 3 aromatic rings. The van der Waals surface area contributed by atoms with Gasteiger partial charge in [0.05, 0.1) is 17.4 Å². The number of carbonyl (C=O) groups is 1. The molecule has 2 aromatic heterocycles. The topological polar surface area (TPSA) is 66.9 Å². The summed E-state index contributed by atoms with van der Waals surface area (Å²) in [4.78, 5) is 20.3. The van der Waals surface area contributed by atoms with Crippen molar-refractivity contribution in [2.75, 3.05) is 10.6 Å². The Labute approximate surface area is 140 Å². The molecule has 0 aliphatic heterocycles. The maximum Gasteiger partial charge on any atom is 0.257 e. The largest absolute Gasteiger partial charge is 0.340 e. The molecular weight excluding hydrogens is 300 g/mol. The van der Waals surface area contributed by atoms with Gasteiger partial charge >= 0.3 is 0 Å². The van der Waals surface area contributed by atoms with Crippen LogP contribution in [-0.2, 0) is 0 Å². The van der Waals surface area contributed by atoms with Gasteiger partial charge < -0.3 is 10.6 Å². The summed E-state index contributed by atoms with van der Waals surface area (Å²) >= 11 is 0. The van der Waals surface area contributed by atoms with Crippen LogP contribution in [-0.4, -0.2) is 15.9 Å². The molecule has 120 valence electrons. The number of rotatable bonds is 4. The van der Waals surface area contributed by atoms with E-state index >= 15 is 0 Å².